The van der Waals surface area contributed by atoms with E-state index in [0.29, 0.717) is 18.6 Å². The fraction of sp³-hybridized carbons (Fsp3) is 0.720. The molecule has 2 saturated heterocycles. The second-order valence-corrected chi connectivity index (χ2v) is 12.6. The number of hydrogen-bond acceptors (Lipinski definition) is 5. The van der Waals surface area contributed by atoms with E-state index in [0.717, 1.165) is 43.0 Å². The maximum Gasteiger partial charge on any atom is 0.490 e. The van der Waals surface area contributed by atoms with E-state index < -0.39 is 12.1 Å². The van der Waals surface area contributed by atoms with Crippen LogP contribution in [0.15, 0.2) is 24.5 Å². The van der Waals surface area contributed by atoms with Crippen LogP contribution in [0.5, 0.6) is 0 Å². The van der Waals surface area contributed by atoms with Crippen LogP contribution in [-0.2, 0) is 20.9 Å². The average molecular weight is 513 g/mol. The van der Waals surface area contributed by atoms with Crippen LogP contribution in [0, 0.1) is 23.2 Å². The van der Waals surface area contributed by atoms with Crippen LogP contribution in [0.3, 0.4) is 0 Å². The van der Waals surface area contributed by atoms with Gasteiger partial charge in [0.25, 0.3) is 0 Å². The minimum atomic E-state index is -5.08. The summed E-state index contributed by atoms with van der Waals surface area (Å²) in [7, 11) is 0. The van der Waals surface area contributed by atoms with Crippen molar-refractivity contribution in [3.8, 4) is 0 Å². The van der Waals surface area contributed by atoms with Crippen molar-refractivity contribution < 1.29 is 32.6 Å². The number of amides is 1. The Kier molecular flexibility index (Phi) is 6.57. The highest BCUT2D eigenvalue weighted by Gasteiger charge is 2.59. The number of carbonyl (C=O) groups excluding carboxylic acids is 1. The number of nitrogens with zero attached hydrogens (tertiary/aromatic N) is 2. The summed E-state index contributed by atoms with van der Waals surface area (Å²) in [6.45, 7) is 2.57. The average Bonchev–Trinajstić information content (AvgIpc) is 3.21. The van der Waals surface area contributed by atoms with Gasteiger partial charge in [-0.15, -0.1) is 11.8 Å². The Morgan fingerprint density at radius 3 is 2.11 bits per heavy atom. The molecule has 3 heterocycles. The molecule has 0 radical (unpaired) electrons. The van der Waals surface area contributed by atoms with Gasteiger partial charge in [-0.1, -0.05) is 0 Å². The fourth-order valence-corrected chi connectivity index (χ4v) is 8.88. The Bertz CT molecular complexity index is 916. The molecule has 192 valence electrons. The third-order valence-electron chi connectivity index (χ3n) is 8.39. The van der Waals surface area contributed by atoms with Gasteiger partial charge in [0, 0.05) is 31.2 Å². The second-order valence-electron chi connectivity index (χ2n) is 11.1. The molecule has 1 unspecified atom stereocenters. The molecule has 1 N–H and O–H groups in total. The number of pyridine rings is 1. The Labute approximate surface area is 207 Å². The second kappa shape index (κ2) is 9.25. The summed E-state index contributed by atoms with van der Waals surface area (Å²) in [6.07, 6.45) is 7.74. The zero-order valence-corrected chi connectivity index (χ0v) is 20.3. The highest BCUT2D eigenvalue weighted by Crippen LogP contribution is 2.61. The van der Waals surface area contributed by atoms with Crippen LogP contribution in [0.4, 0.5) is 13.2 Å². The molecular weight excluding hydrogens is 481 g/mol. The maximum absolute atomic E-state index is 13.5. The van der Waals surface area contributed by atoms with E-state index in [1.165, 1.54) is 44.1 Å². The van der Waals surface area contributed by atoms with Gasteiger partial charge in [0.1, 0.15) is 0 Å². The number of thioether (sulfide) groups is 1. The van der Waals surface area contributed by atoms with Crippen molar-refractivity contribution in [1.82, 2.24) is 9.88 Å². The van der Waals surface area contributed by atoms with Crippen LogP contribution in [0.2, 0.25) is 0 Å². The Morgan fingerprint density at radius 1 is 1.06 bits per heavy atom. The number of likely N-dealkylation sites (tertiary alicyclic amines) is 1. The number of halogens is 3. The maximum atomic E-state index is 13.5. The molecule has 1 amide bonds. The van der Waals surface area contributed by atoms with E-state index in [1.807, 2.05) is 36.3 Å². The number of carbonyl (C=O) groups is 2. The van der Waals surface area contributed by atoms with Crippen LogP contribution in [0.1, 0.15) is 50.5 Å². The first kappa shape index (κ1) is 24.9. The number of carboxylic acid groups (broad SMARTS) is 1. The van der Waals surface area contributed by atoms with E-state index in [4.69, 9.17) is 14.6 Å². The first-order valence-corrected chi connectivity index (χ1v) is 13.3. The highest BCUT2D eigenvalue weighted by molar-refractivity contribution is 8.01. The van der Waals surface area contributed by atoms with Gasteiger partial charge in [-0.2, -0.15) is 13.2 Å². The van der Waals surface area contributed by atoms with Crippen molar-refractivity contribution in [1.29, 1.82) is 0 Å². The van der Waals surface area contributed by atoms with E-state index in [9.17, 15) is 18.0 Å². The van der Waals surface area contributed by atoms with Gasteiger partial charge >= 0.3 is 12.1 Å². The summed E-state index contributed by atoms with van der Waals surface area (Å²) in [5, 5.41) is 7.12. The lowest BCUT2D eigenvalue weighted by Gasteiger charge is -2.59. The van der Waals surface area contributed by atoms with Gasteiger partial charge in [0.15, 0.2) is 0 Å². The zero-order valence-electron chi connectivity index (χ0n) is 19.5. The summed E-state index contributed by atoms with van der Waals surface area (Å²) < 4.78 is 38.2. The smallest absolute Gasteiger partial charge is 0.475 e. The first-order valence-electron chi connectivity index (χ1n) is 12.3. The number of alkyl halides is 3. The van der Waals surface area contributed by atoms with E-state index in [2.05, 4.69) is 9.88 Å². The summed E-state index contributed by atoms with van der Waals surface area (Å²) in [5.74, 6) is 1.35. The van der Waals surface area contributed by atoms with Crippen LogP contribution in [0.25, 0.3) is 0 Å². The summed E-state index contributed by atoms with van der Waals surface area (Å²) >= 11 is 2.04. The van der Waals surface area contributed by atoms with E-state index in [-0.39, 0.29) is 10.2 Å². The van der Waals surface area contributed by atoms with Crippen molar-refractivity contribution in [2.24, 2.45) is 23.2 Å². The predicted molar refractivity (Wildman–Crippen MR) is 123 cm³/mol. The van der Waals surface area contributed by atoms with Gasteiger partial charge in [0.2, 0.25) is 5.91 Å². The van der Waals surface area contributed by atoms with Gasteiger partial charge in [-0.25, -0.2) is 4.79 Å². The molecule has 1 aromatic heterocycles. The number of ether oxygens (including phenoxy) is 1. The molecule has 1 aromatic rings. The molecule has 10 heteroatoms. The third kappa shape index (κ3) is 5.19. The van der Waals surface area contributed by atoms with Crippen molar-refractivity contribution >= 4 is 23.6 Å². The molecule has 1 spiro atoms. The third-order valence-corrected chi connectivity index (χ3v) is 9.97. The number of aromatic nitrogens is 1. The van der Waals surface area contributed by atoms with Crippen LogP contribution < -0.4 is 0 Å². The Morgan fingerprint density at radius 2 is 1.60 bits per heavy atom. The molecule has 4 bridgehead atoms. The number of rotatable bonds is 4. The van der Waals surface area contributed by atoms with Crippen LogP contribution >= 0.6 is 11.8 Å². The van der Waals surface area contributed by atoms with Crippen LogP contribution in [-0.4, -0.2) is 62.7 Å². The van der Waals surface area contributed by atoms with Crippen molar-refractivity contribution in [3.63, 3.8) is 0 Å². The molecule has 2 aliphatic heterocycles. The normalized spacial score (nSPS) is 34.3. The molecular formula is C25H31F3N2O4S. The van der Waals surface area contributed by atoms with Gasteiger partial charge in [-0.05, 0) is 80.4 Å². The molecule has 4 saturated carbocycles. The lowest BCUT2D eigenvalue weighted by atomic mass is 9.49. The predicted octanol–water partition coefficient (Wildman–Crippen LogP) is 4.53. The summed E-state index contributed by atoms with van der Waals surface area (Å²) in [5.41, 5.74) is 1.21. The Balaban J connectivity index is 0.000000320. The Hall–Kier alpha value is -1.81. The summed E-state index contributed by atoms with van der Waals surface area (Å²) in [4.78, 5) is 28.7. The van der Waals surface area contributed by atoms with E-state index >= 15 is 0 Å². The first-order chi connectivity index (χ1) is 16.6. The number of hydrogen-bond donors (Lipinski definition) is 1. The summed E-state index contributed by atoms with van der Waals surface area (Å²) in [6, 6.07) is 4.04. The molecule has 0 aromatic carbocycles. The largest absolute Gasteiger partial charge is 0.490 e. The molecule has 4 aliphatic carbocycles. The van der Waals surface area contributed by atoms with Crippen molar-refractivity contribution in [3.05, 3.63) is 30.1 Å². The quantitative estimate of drug-likeness (QED) is 0.639. The van der Waals surface area contributed by atoms with Crippen molar-refractivity contribution in [2.75, 3.05) is 18.8 Å². The molecule has 35 heavy (non-hydrogen) atoms. The molecule has 6 aliphatic rings. The molecule has 1 atom stereocenters. The fourth-order valence-electron chi connectivity index (χ4n) is 7.32. The monoisotopic (exact) mass is 512 g/mol. The van der Waals surface area contributed by atoms with Gasteiger partial charge in [0.05, 0.1) is 22.9 Å². The number of carboxylic acids is 1. The SMILES string of the molecule is O=C(N1CC2(CC(OCc3ccncc3)CS2)C1)C12CC3CC(CC(C3)C1)C2.O=C(O)C(F)(F)F. The highest BCUT2D eigenvalue weighted by atomic mass is 32.2. The lowest BCUT2D eigenvalue weighted by Crippen LogP contribution is -2.65. The van der Waals surface area contributed by atoms with E-state index in [1.54, 1.807) is 0 Å². The number of aliphatic carboxylic acids is 1. The molecule has 7 rings (SSSR count). The molecule has 6 fully saturated rings. The van der Waals surface area contributed by atoms with Gasteiger partial charge in [-0.3, -0.25) is 9.78 Å². The minimum Gasteiger partial charge on any atom is -0.475 e. The van der Waals surface area contributed by atoms with Crippen molar-refractivity contribution in [2.45, 2.75) is 68.6 Å². The van der Waals surface area contributed by atoms with Gasteiger partial charge < -0.3 is 14.7 Å². The topological polar surface area (TPSA) is 79.7 Å². The lowest BCUT2D eigenvalue weighted by molar-refractivity contribution is -0.192. The zero-order chi connectivity index (χ0) is 24.8. The minimum absolute atomic E-state index is 0.0247. The standard InChI is InChI=1S/C23H30N2O2S.C2HF3O2/c26-21(22-8-17-5-18(9-22)7-19(6-17)10-22)25-14-23(15-25)11-20(13-28-23)27-12-16-1-3-24-4-2-16;3-2(4,5)1(6)7/h1-4,17-20H,5-15H2;(H,6,7). The molecule has 6 nitrogen and oxygen atoms in total.